The molecule has 3 N–H and O–H groups in total. The number of carbonyl (C=O) groups is 4. The normalized spacial score (nSPS) is 12.3. The van der Waals surface area contributed by atoms with Crippen LogP contribution in [0.5, 0.6) is 0 Å². The zero-order chi connectivity index (χ0) is 23.1. The second kappa shape index (κ2) is 14.8. The van der Waals surface area contributed by atoms with E-state index in [-0.39, 0.29) is 26.1 Å². The molecule has 0 heterocycles. The highest BCUT2D eigenvalue weighted by Crippen LogP contribution is 2.10. The predicted molar refractivity (Wildman–Crippen MR) is 113 cm³/mol. The fourth-order valence-corrected chi connectivity index (χ4v) is 2.77. The SMILES string of the molecule is CCOC(=O)[C@H](C)C[C@@H](NC(=O)CCCCCNC(=O)OCc1ccccc1)C(=O)O. The van der Waals surface area contributed by atoms with Crippen molar-refractivity contribution in [3.05, 3.63) is 35.9 Å². The van der Waals surface area contributed by atoms with Gasteiger partial charge in [0.15, 0.2) is 0 Å². The number of unbranched alkanes of at least 4 members (excludes halogenated alkanes) is 2. The zero-order valence-electron chi connectivity index (χ0n) is 18.1. The first-order chi connectivity index (χ1) is 14.8. The van der Waals surface area contributed by atoms with Crippen molar-refractivity contribution in [2.45, 2.75) is 58.6 Å². The summed E-state index contributed by atoms with van der Waals surface area (Å²) in [7, 11) is 0. The maximum Gasteiger partial charge on any atom is 0.407 e. The number of hydrogen-bond donors (Lipinski definition) is 3. The van der Waals surface area contributed by atoms with E-state index in [0.29, 0.717) is 25.8 Å². The molecule has 0 fully saturated rings. The van der Waals surface area contributed by atoms with Crippen LogP contribution in [0, 0.1) is 5.92 Å². The largest absolute Gasteiger partial charge is 0.480 e. The second-order valence-electron chi connectivity index (χ2n) is 7.15. The number of ether oxygens (including phenoxy) is 2. The third-order valence-corrected chi connectivity index (χ3v) is 4.47. The summed E-state index contributed by atoms with van der Waals surface area (Å²) in [6.45, 7) is 4.07. The summed E-state index contributed by atoms with van der Waals surface area (Å²) in [5.41, 5.74) is 0.903. The Balaban J connectivity index is 2.17. The van der Waals surface area contributed by atoms with Gasteiger partial charge in [-0.3, -0.25) is 9.59 Å². The highest BCUT2D eigenvalue weighted by Gasteiger charge is 2.26. The van der Waals surface area contributed by atoms with Gasteiger partial charge < -0.3 is 25.2 Å². The van der Waals surface area contributed by atoms with Gasteiger partial charge in [0.05, 0.1) is 12.5 Å². The van der Waals surface area contributed by atoms with E-state index in [4.69, 9.17) is 9.47 Å². The summed E-state index contributed by atoms with van der Waals surface area (Å²) in [5.74, 6) is -2.70. The Hall–Kier alpha value is -3.10. The summed E-state index contributed by atoms with van der Waals surface area (Å²) in [4.78, 5) is 46.7. The Morgan fingerprint density at radius 2 is 1.74 bits per heavy atom. The van der Waals surface area contributed by atoms with Crippen LogP contribution in [-0.2, 0) is 30.5 Å². The Morgan fingerprint density at radius 3 is 2.39 bits per heavy atom. The van der Waals surface area contributed by atoms with Gasteiger partial charge in [0.1, 0.15) is 12.6 Å². The molecule has 1 aromatic rings. The average molecular weight is 437 g/mol. The van der Waals surface area contributed by atoms with Crippen molar-refractivity contribution >= 4 is 23.9 Å². The minimum Gasteiger partial charge on any atom is -0.480 e. The number of rotatable bonds is 14. The number of esters is 1. The van der Waals surface area contributed by atoms with Gasteiger partial charge in [-0.1, -0.05) is 43.7 Å². The van der Waals surface area contributed by atoms with Crippen LogP contribution < -0.4 is 10.6 Å². The van der Waals surface area contributed by atoms with Crippen LogP contribution in [0.3, 0.4) is 0 Å². The van der Waals surface area contributed by atoms with E-state index in [2.05, 4.69) is 10.6 Å². The number of benzene rings is 1. The fourth-order valence-electron chi connectivity index (χ4n) is 2.77. The smallest absolute Gasteiger partial charge is 0.407 e. The molecule has 0 aliphatic rings. The average Bonchev–Trinajstić information content (AvgIpc) is 2.74. The Morgan fingerprint density at radius 1 is 1.03 bits per heavy atom. The number of aliphatic carboxylic acids is 1. The van der Waals surface area contributed by atoms with Crippen molar-refractivity contribution in [3.63, 3.8) is 0 Å². The van der Waals surface area contributed by atoms with Gasteiger partial charge >= 0.3 is 18.0 Å². The summed E-state index contributed by atoms with van der Waals surface area (Å²) >= 11 is 0. The van der Waals surface area contributed by atoms with Crippen LogP contribution in [0.2, 0.25) is 0 Å². The van der Waals surface area contributed by atoms with Crippen molar-refractivity contribution < 1.29 is 33.8 Å². The number of carboxylic acid groups (broad SMARTS) is 1. The number of nitrogens with one attached hydrogen (secondary N) is 2. The Kier molecular flexibility index (Phi) is 12.4. The molecule has 0 aromatic heterocycles. The molecular weight excluding hydrogens is 404 g/mol. The lowest BCUT2D eigenvalue weighted by molar-refractivity contribution is -0.149. The maximum absolute atomic E-state index is 12.0. The van der Waals surface area contributed by atoms with Gasteiger partial charge in [-0.25, -0.2) is 9.59 Å². The molecule has 0 saturated heterocycles. The van der Waals surface area contributed by atoms with E-state index in [1.54, 1.807) is 13.8 Å². The summed E-state index contributed by atoms with van der Waals surface area (Å²) in [6, 6.07) is 8.21. The van der Waals surface area contributed by atoms with Crippen LogP contribution in [-0.4, -0.2) is 48.2 Å². The van der Waals surface area contributed by atoms with E-state index >= 15 is 0 Å². The molecule has 1 rings (SSSR count). The van der Waals surface area contributed by atoms with Crippen molar-refractivity contribution in [1.82, 2.24) is 10.6 Å². The summed E-state index contributed by atoms with van der Waals surface area (Å²) < 4.78 is 9.96. The number of amides is 2. The molecule has 0 saturated carbocycles. The lowest BCUT2D eigenvalue weighted by atomic mass is 10.0. The molecule has 2 amide bonds. The van der Waals surface area contributed by atoms with Crippen LogP contribution in [0.15, 0.2) is 30.3 Å². The molecule has 172 valence electrons. The maximum atomic E-state index is 12.0. The molecule has 0 spiro atoms. The molecule has 9 heteroatoms. The topological polar surface area (TPSA) is 131 Å². The minimum atomic E-state index is -1.19. The Labute approximate surface area is 182 Å². The van der Waals surface area contributed by atoms with Gasteiger partial charge in [-0.2, -0.15) is 0 Å². The summed E-state index contributed by atoms with van der Waals surface area (Å²) in [5, 5.41) is 14.4. The van der Waals surface area contributed by atoms with E-state index in [1.807, 2.05) is 30.3 Å². The Bertz CT molecular complexity index is 709. The predicted octanol–water partition coefficient (Wildman–Crippen LogP) is 2.63. The molecule has 0 aliphatic heterocycles. The fraction of sp³-hybridized carbons (Fsp3) is 0.545. The van der Waals surface area contributed by atoms with Gasteiger partial charge in [-0.05, 0) is 31.7 Å². The molecule has 0 bridgehead atoms. The number of carbonyl (C=O) groups excluding carboxylic acids is 3. The van der Waals surface area contributed by atoms with Gasteiger partial charge in [0.2, 0.25) is 5.91 Å². The third-order valence-electron chi connectivity index (χ3n) is 4.47. The minimum absolute atomic E-state index is 0.0328. The van der Waals surface area contributed by atoms with E-state index in [0.717, 1.165) is 5.56 Å². The quantitative estimate of drug-likeness (QED) is 0.302. The van der Waals surface area contributed by atoms with E-state index in [1.165, 1.54) is 0 Å². The molecule has 31 heavy (non-hydrogen) atoms. The highest BCUT2D eigenvalue weighted by atomic mass is 16.5. The highest BCUT2D eigenvalue weighted by molar-refractivity contribution is 5.84. The number of carboxylic acids is 1. The van der Waals surface area contributed by atoms with Crippen molar-refractivity contribution in [2.75, 3.05) is 13.2 Å². The first-order valence-electron chi connectivity index (χ1n) is 10.5. The van der Waals surface area contributed by atoms with Crippen molar-refractivity contribution in [1.29, 1.82) is 0 Å². The van der Waals surface area contributed by atoms with Crippen LogP contribution in [0.1, 0.15) is 51.5 Å². The molecule has 0 radical (unpaired) electrons. The van der Waals surface area contributed by atoms with Crippen LogP contribution in [0.4, 0.5) is 4.79 Å². The number of hydrogen-bond acceptors (Lipinski definition) is 6. The van der Waals surface area contributed by atoms with Gasteiger partial charge in [-0.15, -0.1) is 0 Å². The van der Waals surface area contributed by atoms with Crippen molar-refractivity contribution in [2.24, 2.45) is 5.92 Å². The second-order valence-corrected chi connectivity index (χ2v) is 7.15. The first kappa shape index (κ1) is 25.9. The molecule has 0 unspecified atom stereocenters. The molecule has 1 aromatic carbocycles. The van der Waals surface area contributed by atoms with E-state index in [9.17, 15) is 24.3 Å². The molecule has 0 aliphatic carbocycles. The molecular formula is C22H32N2O7. The standard InChI is InChI=1S/C22H32N2O7/c1-3-30-21(28)16(2)14-18(20(26)27)24-19(25)12-8-5-9-13-23-22(29)31-15-17-10-6-4-7-11-17/h4,6-7,10-11,16,18H,3,5,8-9,12-15H2,1-2H3,(H,23,29)(H,24,25)(H,26,27)/t16-,18-/m1/s1. The van der Waals surface area contributed by atoms with Crippen LogP contribution >= 0.6 is 0 Å². The first-order valence-corrected chi connectivity index (χ1v) is 10.5. The third kappa shape index (κ3) is 11.6. The number of alkyl carbamates (subject to hydrolysis) is 1. The zero-order valence-corrected chi connectivity index (χ0v) is 18.1. The van der Waals surface area contributed by atoms with E-state index < -0.39 is 35.9 Å². The lowest BCUT2D eigenvalue weighted by Crippen LogP contribution is -2.42. The monoisotopic (exact) mass is 436 g/mol. The molecule has 2 atom stereocenters. The van der Waals surface area contributed by atoms with Crippen LogP contribution in [0.25, 0.3) is 0 Å². The summed E-state index contributed by atoms with van der Waals surface area (Å²) in [6.07, 6.45) is 1.53. The lowest BCUT2D eigenvalue weighted by Gasteiger charge is -2.18. The van der Waals surface area contributed by atoms with Gasteiger partial charge in [0, 0.05) is 13.0 Å². The van der Waals surface area contributed by atoms with Crippen molar-refractivity contribution in [3.8, 4) is 0 Å². The molecule has 9 nitrogen and oxygen atoms in total. The van der Waals surface area contributed by atoms with Gasteiger partial charge in [0.25, 0.3) is 0 Å².